The van der Waals surface area contributed by atoms with Crippen LogP contribution in [0, 0.1) is 15.3 Å². The Kier molecular flexibility index (Phi) is 35.2. The van der Waals surface area contributed by atoms with Crippen LogP contribution in [0.4, 0.5) is 0 Å². The maximum atomic E-state index is 8.25. The molecule has 0 aromatic heterocycles. The quantitative estimate of drug-likeness (QED) is 0.227. The molecule has 5 nitrogen and oxygen atoms in total. The average molecular weight is 154 g/mol. The number of hydrogen-bond acceptors (Lipinski definition) is 4. The van der Waals surface area contributed by atoms with Gasteiger partial charge in [0.25, 0.3) is 0 Å². The topological polar surface area (TPSA) is 86.4 Å². The smallest absolute Gasteiger partial charge is 0.356 e. The van der Waals surface area contributed by atoms with Crippen molar-refractivity contribution < 1.29 is 61.1 Å². The maximum absolute atomic E-state index is 8.25. The fourth-order valence-electron chi connectivity index (χ4n) is 0. The first-order valence-electron chi connectivity index (χ1n) is 0.717. The summed E-state index contributed by atoms with van der Waals surface area (Å²) in [6, 6.07) is 0. The van der Waals surface area contributed by atoms with Crippen LogP contribution in [0.3, 0.4) is 0 Å². The Bertz CT molecular complexity index is 34.7. The summed E-state index contributed by atoms with van der Waals surface area (Å²) >= 11 is 3.64. The molecule has 0 unspecified atom stereocenters. The Morgan fingerprint density at radius 3 is 1.43 bits per heavy atom. The van der Waals surface area contributed by atoms with E-state index in [2.05, 4.69) is 11.9 Å². The van der Waals surface area contributed by atoms with E-state index < -0.39 is 5.09 Å². The summed E-state index contributed by atoms with van der Waals surface area (Å²) in [5.74, 6) is 0. The molecular weight excluding hydrogens is 153 g/mol. The molecule has 0 bridgehead atoms. The number of halogens is 1. The first-order chi connectivity index (χ1) is 2.73. The first-order valence-corrected chi connectivity index (χ1v) is 1.05. The van der Waals surface area contributed by atoms with Crippen LogP contribution >= 0.6 is 11.9 Å². The second-order valence-electron chi connectivity index (χ2n) is 0.224. The Balaban J connectivity index is -0.0000000480. The van der Waals surface area contributed by atoms with E-state index in [0.29, 0.717) is 0 Å². The fourth-order valence-corrected chi connectivity index (χ4v) is 0. The molecule has 0 aromatic rings. The van der Waals surface area contributed by atoms with Crippen molar-refractivity contribution in [1.82, 2.24) is 0 Å². The monoisotopic (exact) mass is 153 g/mol. The Morgan fingerprint density at radius 2 is 1.43 bits per heavy atom. The van der Waals surface area contributed by atoms with E-state index in [1.807, 2.05) is 0 Å². The predicted molar refractivity (Wildman–Crippen MR) is 18.4 cm³/mol. The molecule has 0 spiro atoms. The minimum Gasteiger partial charge on any atom is -0.356 e. The van der Waals surface area contributed by atoms with Crippen molar-refractivity contribution in [3.63, 3.8) is 0 Å². The molecule has 0 amide bonds. The molecule has 0 fully saturated rings. The Morgan fingerprint density at radius 1 is 1.43 bits per heavy atom. The zero-order valence-electron chi connectivity index (χ0n) is 3.50. The molecule has 0 aliphatic heterocycles. The van der Waals surface area contributed by atoms with Gasteiger partial charge in [-0.05, 0) is 0 Å². The van der Waals surface area contributed by atoms with E-state index in [1.54, 1.807) is 0 Å². The standard InChI is InChI=1S/ClHO.K.NO3/c1-2;;2-1(3)4/h2H;;/q;+1;-1. The minimum absolute atomic E-state index is 0. The van der Waals surface area contributed by atoms with Crippen LogP contribution in [0.2, 0.25) is 0 Å². The van der Waals surface area contributed by atoms with Gasteiger partial charge in [-0.15, -0.1) is 0 Å². The van der Waals surface area contributed by atoms with E-state index >= 15 is 0 Å². The van der Waals surface area contributed by atoms with Gasteiger partial charge in [0.15, 0.2) is 0 Å². The van der Waals surface area contributed by atoms with Crippen LogP contribution in [0.5, 0.6) is 0 Å². The van der Waals surface area contributed by atoms with Crippen molar-refractivity contribution in [3.05, 3.63) is 15.3 Å². The van der Waals surface area contributed by atoms with E-state index in [9.17, 15) is 0 Å². The third-order valence-corrected chi connectivity index (χ3v) is 0. The minimum atomic E-state index is -1.75. The second kappa shape index (κ2) is 15.7. The fraction of sp³-hybridized carbons (Fsp3) is 0. The first kappa shape index (κ1) is 15.7. The molecule has 0 radical (unpaired) electrons. The molecule has 0 aliphatic carbocycles. The summed E-state index contributed by atoms with van der Waals surface area (Å²) in [5, 5.41) is 14.8. The molecule has 0 atom stereocenters. The van der Waals surface area contributed by atoms with Gasteiger partial charge >= 0.3 is 51.4 Å². The van der Waals surface area contributed by atoms with E-state index in [4.69, 9.17) is 20.0 Å². The second-order valence-corrected chi connectivity index (χ2v) is 0.224. The van der Waals surface area contributed by atoms with Crippen molar-refractivity contribution in [3.8, 4) is 0 Å². The molecule has 0 rings (SSSR count). The van der Waals surface area contributed by atoms with Crippen LogP contribution < -0.4 is 51.4 Å². The average Bonchev–Trinajstić information content (AvgIpc) is 1.41. The van der Waals surface area contributed by atoms with Gasteiger partial charge in [0.05, 0.1) is 17.0 Å². The van der Waals surface area contributed by atoms with E-state index in [0.717, 1.165) is 0 Å². The summed E-state index contributed by atoms with van der Waals surface area (Å²) in [6.45, 7) is 0. The molecular formula is HClKNO4. The van der Waals surface area contributed by atoms with Crippen molar-refractivity contribution >= 4 is 11.9 Å². The van der Waals surface area contributed by atoms with Gasteiger partial charge < -0.3 is 15.3 Å². The van der Waals surface area contributed by atoms with Gasteiger partial charge in [-0.25, -0.2) is 0 Å². The molecule has 0 aromatic carbocycles. The van der Waals surface area contributed by atoms with Gasteiger partial charge in [0.1, 0.15) is 0 Å². The van der Waals surface area contributed by atoms with Crippen LogP contribution in [0.25, 0.3) is 0 Å². The molecule has 0 saturated heterocycles. The van der Waals surface area contributed by atoms with E-state index in [-0.39, 0.29) is 51.4 Å². The SMILES string of the molecule is O=[N+]([O-])[O-].OCl.[K+]. The molecule has 0 saturated carbocycles. The molecule has 1 N–H and O–H groups in total. The van der Waals surface area contributed by atoms with Crippen molar-refractivity contribution in [2.45, 2.75) is 0 Å². The van der Waals surface area contributed by atoms with Crippen molar-refractivity contribution in [1.29, 1.82) is 0 Å². The largest absolute Gasteiger partial charge is 1.00 e. The number of hydrogen-bond donors (Lipinski definition) is 1. The maximum Gasteiger partial charge on any atom is 1.00 e. The number of rotatable bonds is 0. The Hall–Kier alpha value is 1.09. The summed E-state index contributed by atoms with van der Waals surface area (Å²) < 4.78 is 6.47. The van der Waals surface area contributed by atoms with Gasteiger partial charge in [-0.3, -0.25) is 4.66 Å². The number of nitrogens with zero attached hydrogens (tertiary/aromatic N) is 1. The third-order valence-electron chi connectivity index (χ3n) is 0. The van der Waals surface area contributed by atoms with Gasteiger partial charge in [-0.2, -0.15) is 0 Å². The molecule has 0 heterocycles. The van der Waals surface area contributed by atoms with Crippen LogP contribution in [0.1, 0.15) is 0 Å². The van der Waals surface area contributed by atoms with Gasteiger partial charge in [0, 0.05) is 0 Å². The van der Waals surface area contributed by atoms with Gasteiger partial charge in [-0.1, -0.05) is 0 Å². The third kappa shape index (κ3) is 155. The zero-order valence-corrected chi connectivity index (χ0v) is 7.38. The van der Waals surface area contributed by atoms with Crippen LogP contribution in [-0.2, 0) is 0 Å². The summed E-state index contributed by atoms with van der Waals surface area (Å²) in [5.41, 5.74) is 0. The zero-order chi connectivity index (χ0) is 5.58. The molecule has 0 aliphatic rings. The Labute approximate surface area is 87.0 Å². The summed E-state index contributed by atoms with van der Waals surface area (Å²) in [6.07, 6.45) is 0. The molecule has 38 valence electrons. The van der Waals surface area contributed by atoms with Crippen molar-refractivity contribution in [2.75, 3.05) is 0 Å². The summed E-state index contributed by atoms with van der Waals surface area (Å²) in [7, 11) is 0. The van der Waals surface area contributed by atoms with Crippen LogP contribution in [0.15, 0.2) is 0 Å². The van der Waals surface area contributed by atoms with E-state index in [1.165, 1.54) is 0 Å². The van der Waals surface area contributed by atoms with Crippen LogP contribution in [-0.4, -0.2) is 9.75 Å². The predicted octanol–water partition coefficient (Wildman–Crippen LogP) is -3.10. The normalized spacial score (nSPS) is 4.29. The molecule has 7 heavy (non-hydrogen) atoms. The van der Waals surface area contributed by atoms with Crippen molar-refractivity contribution in [2.24, 2.45) is 0 Å². The molecule has 7 heteroatoms. The van der Waals surface area contributed by atoms with Gasteiger partial charge in [0.2, 0.25) is 0 Å². The summed E-state index contributed by atoms with van der Waals surface area (Å²) in [4.78, 5) is 8.25.